The van der Waals surface area contributed by atoms with Gasteiger partial charge >= 0.3 is 0 Å². The molecule has 2 aliphatic rings. The van der Waals surface area contributed by atoms with Crippen LogP contribution in [0.5, 0.6) is 0 Å². The standard InChI is InChI=1S/C21H28FN3O2S/c1-16-12-23-21(25(16)14-17-8-9-17)11-18-5-4-10-24(13-18)28(26,27)15-19-6-2-3-7-20(19)22/h2-3,6-7,12,17-18H,4-5,8-11,13-15H2,1H3. The van der Waals surface area contributed by atoms with Crippen molar-refractivity contribution in [2.24, 2.45) is 11.8 Å². The van der Waals surface area contributed by atoms with E-state index in [1.165, 1.54) is 24.6 Å². The van der Waals surface area contributed by atoms with E-state index in [1.807, 2.05) is 6.20 Å². The van der Waals surface area contributed by atoms with Crippen molar-refractivity contribution < 1.29 is 12.8 Å². The van der Waals surface area contributed by atoms with Crippen molar-refractivity contribution in [2.75, 3.05) is 13.1 Å². The van der Waals surface area contributed by atoms with E-state index in [-0.39, 0.29) is 17.2 Å². The molecule has 1 aliphatic carbocycles. The molecule has 2 heterocycles. The number of halogens is 1. The minimum absolute atomic E-state index is 0.236. The Balaban J connectivity index is 1.43. The highest BCUT2D eigenvalue weighted by molar-refractivity contribution is 7.88. The third-order valence-corrected chi connectivity index (χ3v) is 7.71. The maximum absolute atomic E-state index is 13.9. The van der Waals surface area contributed by atoms with Crippen LogP contribution in [0.4, 0.5) is 4.39 Å². The van der Waals surface area contributed by atoms with Crippen molar-refractivity contribution >= 4 is 10.0 Å². The molecule has 1 aliphatic heterocycles. The van der Waals surface area contributed by atoms with E-state index < -0.39 is 15.8 Å². The van der Waals surface area contributed by atoms with Crippen LogP contribution in [0.25, 0.3) is 0 Å². The number of benzene rings is 1. The molecule has 2 aromatic rings. The number of hydrogen-bond donors (Lipinski definition) is 0. The van der Waals surface area contributed by atoms with Crippen molar-refractivity contribution in [1.82, 2.24) is 13.9 Å². The van der Waals surface area contributed by atoms with Gasteiger partial charge in [0.05, 0.1) is 5.75 Å². The van der Waals surface area contributed by atoms with Gasteiger partial charge in [0.2, 0.25) is 10.0 Å². The lowest BCUT2D eigenvalue weighted by Crippen LogP contribution is -2.41. The molecule has 1 aromatic carbocycles. The molecular formula is C21H28FN3O2S. The molecule has 0 bridgehead atoms. The van der Waals surface area contributed by atoms with Gasteiger partial charge in [-0.3, -0.25) is 0 Å². The molecule has 0 spiro atoms. The number of rotatable bonds is 7. The number of hydrogen-bond acceptors (Lipinski definition) is 3. The smallest absolute Gasteiger partial charge is 0.218 e. The van der Waals surface area contributed by atoms with Gasteiger partial charge in [0.25, 0.3) is 0 Å². The van der Waals surface area contributed by atoms with Crippen molar-refractivity contribution in [3.05, 3.63) is 53.4 Å². The highest BCUT2D eigenvalue weighted by atomic mass is 32.2. The van der Waals surface area contributed by atoms with Crippen LogP contribution in [0.3, 0.4) is 0 Å². The molecule has 1 saturated carbocycles. The van der Waals surface area contributed by atoms with Gasteiger partial charge in [-0.15, -0.1) is 0 Å². The number of aryl methyl sites for hydroxylation is 1. The quantitative estimate of drug-likeness (QED) is 0.708. The van der Waals surface area contributed by atoms with Crippen molar-refractivity contribution in [3.63, 3.8) is 0 Å². The fourth-order valence-electron chi connectivity index (χ4n) is 4.09. The average molecular weight is 406 g/mol. The second-order valence-corrected chi connectivity index (χ2v) is 10.3. The zero-order valence-corrected chi connectivity index (χ0v) is 17.2. The molecule has 7 heteroatoms. The lowest BCUT2D eigenvalue weighted by atomic mass is 9.96. The minimum Gasteiger partial charge on any atom is -0.332 e. The Morgan fingerprint density at radius 1 is 1.18 bits per heavy atom. The molecule has 0 N–H and O–H groups in total. The van der Waals surface area contributed by atoms with Gasteiger partial charge in [0.15, 0.2) is 0 Å². The first-order valence-electron chi connectivity index (χ1n) is 10.1. The summed E-state index contributed by atoms with van der Waals surface area (Å²) in [5, 5.41) is 0. The topological polar surface area (TPSA) is 55.2 Å². The summed E-state index contributed by atoms with van der Waals surface area (Å²) in [7, 11) is -3.53. The van der Waals surface area contributed by atoms with Crippen LogP contribution < -0.4 is 0 Å². The Kier molecular flexibility index (Phi) is 5.56. The molecule has 1 saturated heterocycles. The number of nitrogens with zero attached hydrogens (tertiary/aromatic N) is 3. The summed E-state index contributed by atoms with van der Waals surface area (Å²) in [5.74, 6) is 1.36. The molecule has 4 rings (SSSR count). The predicted octanol–water partition coefficient (Wildman–Crippen LogP) is 3.53. The molecule has 28 heavy (non-hydrogen) atoms. The fraction of sp³-hybridized carbons (Fsp3) is 0.571. The van der Waals surface area contributed by atoms with E-state index in [9.17, 15) is 12.8 Å². The summed E-state index contributed by atoms with van der Waals surface area (Å²) in [4.78, 5) is 4.60. The molecule has 1 unspecified atom stereocenters. The lowest BCUT2D eigenvalue weighted by Gasteiger charge is -2.32. The first kappa shape index (κ1) is 19.6. The molecule has 2 fully saturated rings. The Bertz CT molecular complexity index is 937. The zero-order valence-electron chi connectivity index (χ0n) is 16.3. The van der Waals surface area contributed by atoms with Crippen LogP contribution in [-0.2, 0) is 28.7 Å². The summed E-state index contributed by atoms with van der Waals surface area (Å²) in [5.41, 5.74) is 1.42. The van der Waals surface area contributed by atoms with Gasteiger partial charge in [-0.2, -0.15) is 0 Å². The molecule has 1 atom stereocenters. The minimum atomic E-state index is -3.53. The number of sulfonamides is 1. The molecule has 5 nitrogen and oxygen atoms in total. The zero-order chi connectivity index (χ0) is 19.7. The SMILES string of the molecule is Cc1cnc(CC2CCCN(S(=O)(=O)Cc3ccccc3F)C2)n1CC1CC1. The summed E-state index contributed by atoms with van der Waals surface area (Å²) < 4.78 is 43.5. The van der Waals surface area contributed by atoms with Crippen LogP contribution in [-0.4, -0.2) is 35.4 Å². The summed E-state index contributed by atoms with van der Waals surface area (Å²) in [6, 6.07) is 6.11. The van der Waals surface area contributed by atoms with Crippen LogP contribution in [0.15, 0.2) is 30.5 Å². The molecule has 152 valence electrons. The summed E-state index contributed by atoms with van der Waals surface area (Å²) in [6.07, 6.45) is 7.15. The first-order valence-corrected chi connectivity index (χ1v) is 11.8. The van der Waals surface area contributed by atoms with Crippen LogP contribution in [0.1, 0.15) is 42.8 Å². The van der Waals surface area contributed by atoms with E-state index in [1.54, 1.807) is 22.5 Å². The molecule has 0 amide bonds. The van der Waals surface area contributed by atoms with Gasteiger partial charge < -0.3 is 4.57 Å². The normalized spacial score (nSPS) is 21.1. The third-order valence-electron chi connectivity index (χ3n) is 5.92. The monoisotopic (exact) mass is 405 g/mol. The van der Waals surface area contributed by atoms with Gasteiger partial charge in [-0.1, -0.05) is 18.2 Å². The average Bonchev–Trinajstić information content (AvgIpc) is 3.43. The van der Waals surface area contributed by atoms with Crippen molar-refractivity contribution in [3.8, 4) is 0 Å². The maximum Gasteiger partial charge on any atom is 0.218 e. The highest BCUT2D eigenvalue weighted by Crippen LogP contribution is 2.32. The van der Waals surface area contributed by atoms with Crippen LogP contribution in [0.2, 0.25) is 0 Å². The number of imidazole rings is 1. The second-order valence-electron chi connectivity index (χ2n) is 8.29. The Hall–Kier alpha value is -1.73. The van der Waals surface area contributed by atoms with E-state index in [2.05, 4.69) is 16.5 Å². The molecule has 0 radical (unpaired) electrons. The first-order chi connectivity index (χ1) is 13.4. The fourth-order valence-corrected chi connectivity index (χ4v) is 5.74. The van der Waals surface area contributed by atoms with Crippen LogP contribution in [0, 0.1) is 24.6 Å². The van der Waals surface area contributed by atoms with E-state index in [0.717, 1.165) is 37.5 Å². The Morgan fingerprint density at radius 2 is 1.96 bits per heavy atom. The number of aromatic nitrogens is 2. The summed E-state index contributed by atoms with van der Waals surface area (Å²) >= 11 is 0. The largest absolute Gasteiger partial charge is 0.332 e. The van der Waals surface area contributed by atoms with Crippen molar-refractivity contribution in [1.29, 1.82) is 0 Å². The number of piperidine rings is 1. The maximum atomic E-state index is 13.9. The predicted molar refractivity (Wildman–Crippen MR) is 107 cm³/mol. The van der Waals surface area contributed by atoms with Gasteiger partial charge in [0.1, 0.15) is 11.6 Å². The molecule has 1 aromatic heterocycles. The van der Waals surface area contributed by atoms with Gasteiger partial charge in [-0.05, 0) is 50.5 Å². The van der Waals surface area contributed by atoms with E-state index >= 15 is 0 Å². The Morgan fingerprint density at radius 3 is 2.71 bits per heavy atom. The highest BCUT2D eigenvalue weighted by Gasteiger charge is 2.31. The summed E-state index contributed by atoms with van der Waals surface area (Å²) in [6.45, 7) is 4.13. The second kappa shape index (κ2) is 7.95. The van der Waals surface area contributed by atoms with E-state index in [0.29, 0.717) is 13.1 Å². The lowest BCUT2D eigenvalue weighted by molar-refractivity contribution is 0.260. The van der Waals surface area contributed by atoms with Gasteiger partial charge in [-0.25, -0.2) is 22.1 Å². The molecular weight excluding hydrogens is 377 g/mol. The van der Waals surface area contributed by atoms with Crippen LogP contribution >= 0.6 is 0 Å². The van der Waals surface area contributed by atoms with E-state index in [4.69, 9.17) is 0 Å². The Labute approximate surface area is 166 Å². The third kappa shape index (κ3) is 4.46. The van der Waals surface area contributed by atoms with Gasteiger partial charge in [0, 0.05) is 43.5 Å². The van der Waals surface area contributed by atoms with Crippen molar-refractivity contribution in [2.45, 2.75) is 51.3 Å².